The van der Waals surface area contributed by atoms with Crippen molar-refractivity contribution in [3.63, 3.8) is 0 Å². The number of carbonyl (C=O) groups is 3. The molecule has 2 atom stereocenters. The monoisotopic (exact) mass is 305 g/mol. The standard InChI is InChI=1S/C16H23N3O3/c1-18-16(22)13(9-17)15(21)11-8-14(20)19(10-11)12-6-4-2-3-5-7-12/h11-13H,2-8,10H2,1H3,(H,18,22)/t11-,13-/m1/s1. The normalized spacial score (nSPS) is 24.5. The van der Waals surface area contributed by atoms with E-state index in [-0.39, 0.29) is 18.4 Å². The van der Waals surface area contributed by atoms with Crippen molar-refractivity contribution in [3.8, 4) is 6.07 Å². The lowest BCUT2D eigenvalue weighted by Crippen LogP contribution is -2.39. The maximum atomic E-state index is 12.4. The van der Waals surface area contributed by atoms with Crippen LogP contribution in [0.3, 0.4) is 0 Å². The number of carbonyl (C=O) groups excluding carboxylic acids is 3. The third-order valence-corrected chi connectivity index (χ3v) is 4.75. The molecule has 1 aliphatic heterocycles. The zero-order chi connectivity index (χ0) is 16.1. The van der Waals surface area contributed by atoms with Crippen LogP contribution in [0.4, 0.5) is 0 Å². The molecule has 0 aromatic rings. The molecule has 2 fully saturated rings. The summed E-state index contributed by atoms with van der Waals surface area (Å²) in [7, 11) is 1.40. The van der Waals surface area contributed by atoms with Crippen LogP contribution in [0.1, 0.15) is 44.9 Å². The summed E-state index contributed by atoms with van der Waals surface area (Å²) in [6.07, 6.45) is 6.75. The molecule has 1 saturated carbocycles. The van der Waals surface area contributed by atoms with Crippen LogP contribution >= 0.6 is 0 Å². The molecule has 2 amide bonds. The first-order valence-corrected chi connectivity index (χ1v) is 8.03. The number of likely N-dealkylation sites (tertiary alicyclic amines) is 1. The molecule has 0 aromatic carbocycles. The van der Waals surface area contributed by atoms with E-state index < -0.39 is 23.5 Å². The quantitative estimate of drug-likeness (QED) is 0.620. The number of hydrogen-bond acceptors (Lipinski definition) is 4. The third-order valence-electron chi connectivity index (χ3n) is 4.75. The van der Waals surface area contributed by atoms with Gasteiger partial charge in [-0.1, -0.05) is 25.7 Å². The van der Waals surface area contributed by atoms with Gasteiger partial charge in [0.15, 0.2) is 11.7 Å². The summed E-state index contributed by atoms with van der Waals surface area (Å²) in [5.74, 6) is -2.87. The highest BCUT2D eigenvalue weighted by molar-refractivity contribution is 6.06. The fourth-order valence-corrected chi connectivity index (χ4v) is 3.48. The Morgan fingerprint density at radius 1 is 1.27 bits per heavy atom. The second-order valence-corrected chi connectivity index (χ2v) is 6.17. The lowest BCUT2D eigenvalue weighted by Gasteiger charge is -2.27. The summed E-state index contributed by atoms with van der Waals surface area (Å²) < 4.78 is 0. The summed E-state index contributed by atoms with van der Waals surface area (Å²) in [5.41, 5.74) is 0. The fraction of sp³-hybridized carbons (Fsp3) is 0.750. The predicted octanol–water partition coefficient (Wildman–Crippen LogP) is 1.01. The summed E-state index contributed by atoms with van der Waals surface area (Å²) in [4.78, 5) is 38.0. The van der Waals surface area contributed by atoms with Gasteiger partial charge in [0.2, 0.25) is 11.8 Å². The van der Waals surface area contributed by atoms with E-state index in [0.717, 1.165) is 25.7 Å². The van der Waals surface area contributed by atoms with Crippen LogP contribution in [0.2, 0.25) is 0 Å². The topological polar surface area (TPSA) is 90.3 Å². The van der Waals surface area contributed by atoms with E-state index in [0.29, 0.717) is 6.54 Å². The van der Waals surface area contributed by atoms with Gasteiger partial charge in [0, 0.05) is 32.0 Å². The average Bonchev–Trinajstić information content (AvgIpc) is 2.74. The lowest BCUT2D eigenvalue weighted by atomic mass is 9.92. The van der Waals surface area contributed by atoms with Crippen molar-refractivity contribution < 1.29 is 14.4 Å². The molecule has 1 aliphatic carbocycles. The van der Waals surface area contributed by atoms with Crippen molar-refractivity contribution in [2.24, 2.45) is 11.8 Å². The van der Waals surface area contributed by atoms with Crippen molar-refractivity contribution in [3.05, 3.63) is 0 Å². The fourth-order valence-electron chi connectivity index (χ4n) is 3.48. The maximum Gasteiger partial charge on any atom is 0.244 e. The van der Waals surface area contributed by atoms with Crippen LogP contribution in [-0.2, 0) is 14.4 Å². The molecular weight excluding hydrogens is 282 g/mol. The minimum Gasteiger partial charge on any atom is -0.358 e. The van der Waals surface area contributed by atoms with Crippen molar-refractivity contribution in [1.82, 2.24) is 10.2 Å². The summed E-state index contributed by atoms with van der Waals surface area (Å²) in [6, 6.07) is 1.97. The largest absolute Gasteiger partial charge is 0.358 e. The number of rotatable bonds is 4. The number of nitrogens with one attached hydrogen (secondary N) is 1. The number of nitrogens with zero attached hydrogens (tertiary/aromatic N) is 2. The van der Waals surface area contributed by atoms with Crippen LogP contribution in [0.5, 0.6) is 0 Å². The highest BCUT2D eigenvalue weighted by Gasteiger charge is 2.41. The molecule has 0 unspecified atom stereocenters. The number of nitriles is 1. The van der Waals surface area contributed by atoms with Crippen LogP contribution < -0.4 is 5.32 Å². The van der Waals surface area contributed by atoms with Gasteiger partial charge >= 0.3 is 0 Å². The highest BCUT2D eigenvalue weighted by atomic mass is 16.2. The Balaban J connectivity index is 2.03. The lowest BCUT2D eigenvalue weighted by molar-refractivity contribution is -0.134. The number of amides is 2. The Morgan fingerprint density at radius 3 is 2.45 bits per heavy atom. The van der Waals surface area contributed by atoms with Gasteiger partial charge in [0.05, 0.1) is 6.07 Å². The van der Waals surface area contributed by atoms with E-state index in [1.807, 2.05) is 4.90 Å². The van der Waals surface area contributed by atoms with Gasteiger partial charge < -0.3 is 10.2 Å². The van der Waals surface area contributed by atoms with Gasteiger partial charge in [0.25, 0.3) is 0 Å². The average molecular weight is 305 g/mol. The van der Waals surface area contributed by atoms with Gasteiger partial charge in [-0.2, -0.15) is 5.26 Å². The Labute approximate surface area is 130 Å². The SMILES string of the molecule is CNC(=O)[C@H](C#N)C(=O)[C@@H]1CC(=O)N(C2CCCCCC2)C1. The molecule has 0 bridgehead atoms. The van der Waals surface area contributed by atoms with Gasteiger partial charge in [-0.3, -0.25) is 14.4 Å². The minimum atomic E-state index is -1.31. The molecule has 2 aliphatic rings. The first kappa shape index (κ1) is 16.5. The zero-order valence-electron chi connectivity index (χ0n) is 13.0. The van der Waals surface area contributed by atoms with Crippen molar-refractivity contribution in [2.75, 3.05) is 13.6 Å². The zero-order valence-corrected chi connectivity index (χ0v) is 13.0. The van der Waals surface area contributed by atoms with Crippen LogP contribution in [0.15, 0.2) is 0 Å². The van der Waals surface area contributed by atoms with E-state index in [1.54, 1.807) is 6.07 Å². The van der Waals surface area contributed by atoms with Crippen LogP contribution in [-0.4, -0.2) is 42.1 Å². The molecule has 1 heterocycles. The van der Waals surface area contributed by atoms with E-state index in [9.17, 15) is 14.4 Å². The van der Waals surface area contributed by atoms with Gasteiger partial charge in [-0.05, 0) is 12.8 Å². The van der Waals surface area contributed by atoms with E-state index >= 15 is 0 Å². The van der Waals surface area contributed by atoms with Gasteiger partial charge in [0.1, 0.15) is 0 Å². The maximum absolute atomic E-state index is 12.4. The minimum absolute atomic E-state index is 0.0150. The molecular formula is C16H23N3O3. The molecule has 0 aromatic heterocycles. The first-order chi connectivity index (χ1) is 10.6. The van der Waals surface area contributed by atoms with E-state index in [1.165, 1.54) is 19.9 Å². The third kappa shape index (κ3) is 3.46. The number of Topliss-reactive ketones (excluding diaryl/α,β-unsaturated/α-hetero) is 1. The molecule has 6 nitrogen and oxygen atoms in total. The van der Waals surface area contributed by atoms with Crippen molar-refractivity contribution >= 4 is 17.6 Å². The second kappa shape index (κ2) is 7.39. The van der Waals surface area contributed by atoms with E-state index in [4.69, 9.17) is 5.26 Å². The van der Waals surface area contributed by atoms with Crippen LogP contribution in [0.25, 0.3) is 0 Å². The predicted molar refractivity (Wildman–Crippen MR) is 79.5 cm³/mol. The van der Waals surface area contributed by atoms with Gasteiger partial charge in [-0.15, -0.1) is 0 Å². The molecule has 0 radical (unpaired) electrons. The molecule has 6 heteroatoms. The van der Waals surface area contributed by atoms with Crippen molar-refractivity contribution in [1.29, 1.82) is 5.26 Å². The smallest absolute Gasteiger partial charge is 0.244 e. The number of ketones is 1. The summed E-state index contributed by atoms with van der Waals surface area (Å²) >= 11 is 0. The van der Waals surface area contributed by atoms with Gasteiger partial charge in [-0.25, -0.2) is 0 Å². The molecule has 1 N–H and O–H groups in total. The second-order valence-electron chi connectivity index (χ2n) is 6.17. The Hall–Kier alpha value is -1.90. The Bertz CT molecular complexity index is 489. The summed E-state index contributed by atoms with van der Waals surface area (Å²) in [6.45, 7) is 0.359. The van der Waals surface area contributed by atoms with E-state index in [2.05, 4.69) is 5.32 Å². The number of hydrogen-bond donors (Lipinski definition) is 1. The first-order valence-electron chi connectivity index (χ1n) is 8.03. The van der Waals surface area contributed by atoms with Crippen LogP contribution in [0, 0.1) is 23.2 Å². The van der Waals surface area contributed by atoms with Crippen molar-refractivity contribution in [2.45, 2.75) is 51.0 Å². The highest BCUT2D eigenvalue weighted by Crippen LogP contribution is 2.29. The molecule has 2 rings (SSSR count). The Morgan fingerprint density at radius 2 is 1.91 bits per heavy atom. The molecule has 120 valence electrons. The molecule has 1 saturated heterocycles. The summed E-state index contributed by atoms with van der Waals surface area (Å²) in [5, 5.41) is 11.4. The Kier molecular flexibility index (Phi) is 5.53. The molecule has 0 spiro atoms. The molecule has 22 heavy (non-hydrogen) atoms.